The molecule has 2 aliphatic carbocycles. The highest BCUT2D eigenvalue weighted by Gasteiger charge is 2.78. The Bertz CT molecular complexity index is 306. The summed E-state index contributed by atoms with van der Waals surface area (Å²) in [5.41, 5.74) is 1.91. The van der Waals surface area contributed by atoms with Crippen molar-refractivity contribution in [2.24, 2.45) is 11.8 Å². The summed E-state index contributed by atoms with van der Waals surface area (Å²) >= 11 is 0. The molecule has 0 radical (unpaired) electrons. The average Bonchev–Trinajstić information content (AvgIpc) is 2.94. The van der Waals surface area contributed by atoms with Crippen molar-refractivity contribution in [1.82, 2.24) is 4.98 Å². The van der Waals surface area contributed by atoms with Crippen LogP contribution in [0.5, 0.6) is 0 Å². The molecule has 2 fully saturated rings. The van der Waals surface area contributed by atoms with E-state index >= 15 is 0 Å². The van der Waals surface area contributed by atoms with Crippen molar-refractivity contribution in [1.29, 1.82) is 0 Å². The summed E-state index contributed by atoms with van der Waals surface area (Å²) in [6, 6.07) is 6.30. The van der Waals surface area contributed by atoms with Crippen LogP contribution in [-0.4, -0.2) is 4.98 Å². The fraction of sp³-hybridized carbons (Fsp3) is 0.545. The zero-order valence-electron chi connectivity index (χ0n) is 7.33. The normalized spacial score (nSPS) is 42.1. The van der Waals surface area contributed by atoms with Crippen LogP contribution in [0.2, 0.25) is 0 Å². The minimum Gasteiger partial charge on any atom is -0.261 e. The van der Waals surface area contributed by atoms with Crippen LogP contribution in [0.15, 0.2) is 24.4 Å². The number of pyridine rings is 1. The number of hydrogen-bond donors (Lipinski definition) is 0. The molecule has 62 valence electrons. The molecular weight excluding hydrogens is 146 g/mol. The Morgan fingerprint density at radius 1 is 1.58 bits per heavy atom. The number of rotatable bonds is 2. The van der Waals surface area contributed by atoms with Crippen LogP contribution in [0, 0.1) is 11.8 Å². The smallest absolute Gasteiger partial charge is 0.0471 e. The third-order valence-electron chi connectivity index (χ3n) is 3.68. The summed E-state index contributed by atoms with van der Waals surface area (Å²) in [5.74, 6) is 1.96. The van der Waals surface area contributed by atoms with Gasteiger partial charge in [-0.3, -0.25) is 4.98 Å². The van der Waals surface area contributed by atoms with Gasteiger partial charge in [0.05, 0.1) is 0 Å². The second kappa shape index (κ2) is 1.90. The summed E-state index contributed by atoms with van der Waals surface area (Å²) in [5, 5.41) is 0. The molecule has 1 heteroatoms. The quantitative estimate of drug-likeness (QED) is 0.645. The second-order valence-electron chi connectivity index (χ2n) is 4.08. The van der Waals surface area contributed by atoms with Gasteiger partial charge in [0.25, 0.3) is 0 Å². The Morgan fingerprint density at radius 3 is 3.00 bits per heavy atom. The van der Waals surface area contributed by atoms with E-state index in [0.29, 0.717) is 5.41 Å². The van der Waals surface area contributed by atoms with Crippen LogP contribution in [-0.2, 0) is 5.41 Å². The van der Waals surface area contributed by atoms with E-state index in [1.54, 1.807) is 0 Å². The van der Waals surface area contributed by atoms with Gasteiger partial charge in [0.2, 0.25) is 0 Å². The molecule has 1 aromatic heterocycles. The first kappa shape index (κ1) is 6.64. The zero-order chi connectivity index (χ0) is 8.18. The maximum absolute atomic E-state index is 4.45. The van der Waals surface area contributed by atoms with Crippen LogP contribution < -0.4 is 0 Å². The van der Waals surface area contributed by atoms with E-state index in [9.17, 15) is 0 Å². The van der Waals surface area contributed by atoms with Crippen LogP contribution >= 0.6 is 0 Å². The summed E-state index contributed by atoms with van der Waals surface area (Å²) in [4.78, 5) is 4.45. The monoisotopic (exact) mass is 159 g/mol. The van der Waals surface area contributed by atoms with E-state index in [1.807, 2.05) is 12.3 Å². The molecule has 12 heavy (non-hydrogen) atoms. The molecule has 0 amide bonds. The van der Waals surface area contributed by atoms with Gasteiger partial charge in [-0.1, -0.05) is 19.4 Å². The van der Waals surface area contributed by atoms with Gasteiger partial charge >= 0.3 is 0 Å². The van der Waals surface area contributed by atoms with Crippen molar-refractivity contribution in [3.63, 3.8) is 0 Å². The third-order valence-corrected chi connectivity index (χ3v) is 3.68. The first-order chi connectivity index (χ1) is 5.89. The molecule has 3 atom stereocenters. The topological polar surface area (TPSA) is 12.9 Å². The van der Waals surface area contributed by atoms with Crippen molar-refractivity contribution in [2.75, 3.05) is 0 Å². The van der Waals surface area contributed by atoms with E-state index in [-0.39, 0.29) is 0 Å². The maximum Gasteiger partial charge on any atom is 0.0471 e. The lowest BCUT2D eigenvalue weighted by atomic mass is 10.00. The van der Waals surface area contributed by atoms with E-state index in [0.717, 1.165) is 11.8 Å². The lowest BCUT2D eigenvalue weighted by Gasteiger charge is -2.07. The highest BCUT2D eigenvalue weighted by molar-refractivity contribution is 5.42. The first-order valence-electron chi connectivity index (χ1n) is 4.81. The fourth-order valence-electron chi connectivity index (χ4n) is 2.81. The Morgan fingerprint density at radius 2 is 2.50 bits per heavy atom. The molecule has 0 N–H and O–H groups in total. The van der Waals surface area contributed by atoms with Crippen molar-refractivity contribution in [2.45, 2.75) is 25.2 Å². The van der Waals surface area contributed by atoms with Crippen molar-refractivity contribution < 1.29 is 0 Å². The fourth-order valence-corrected chi connectivity index (χ4v) is 2.81. The Kier molecular flexibility index (Phi) is 1.05. The molecule has 0 aromatic carbocycles. The standard InChI is InChI=1S/C11H13N/c1-2-8-9-7-11(8,9)10-5-3-4-6-12-10/h3-6,8-9H,2,7H2,1H3. The molecule has 0 bridgehead atoms. The maximum atomic E-state index is 4.45. The number of fused-ring (bicyclic) bond motifs is 1. The van der Waals surface area contributed by atoms with Crippen molar-refractivity contribution in [3.8, 4) is 0 Å². The van der Waals surface area contributed by atoms with E-state index < -0.39 is 0 Å². The van der Waals surface area contributed by atoms with Crippen LogP contribution in [0.3, 0.4) is 0 Å². The van der Waals surface area contributed by atoms with E-state index in [1.165, 1.54) is 18.5 Å². The predicted octanol–water partition coefficient (Wildman–Crippen LogP) is 2.38. The molecule has 1 aromatic rings. The van der Waals surface area contributed by atoms with Gasteiger partial charge in [0.15, 0.2) is 0 Å². The minimum absolute atomic E-state index is 0.565. The van der Waals surface area contributed by atoms with Crippen molar-refractivity contribution >= 4 is 0 Å². The molecule has 1 nitrogen and oxygen atoms in total. The summed E-state index contributed by atoms with van der Waals surface area (Å²) in [7, 11) is 0. The van der Waals surface area contributed by atoms with E-state index in [4.69, 9.17) is 0 Å². The van der Waals surface area contributed by atoms with Crippen molar-refractivity contribution in [3.05, 3.63) is 30.1 Å². The Balaban J connectivity index is 1.93. The Hall–Kier alpha value is -0.850. The molecule has 3 unspecified atom stereocenters. The van der Waals surface area contributed by atoms with Gasteiger partial charge in [-0.05, 0) is 30.4 Å². The number of aromatic nitrogens is 1. The van der Waals surface area contributed by atoms with Gasteiger partial charge in [-0.25, -0.2) is 0 Å². The minimum atomic E-state index is 0.565. The predicted molar refractivity (Wildman–Crippen MR) is 47.8 cm³/mol. The van der Waals surface area contributed by atoms with Gasteiger partial charge in [-0.2, -0.15) is 0 Å². The summed E-state index contributed by atoms with van der Waals surface area (Å²) in [6.07, 6.45) is 4.66. The third kappa shape index (κ3) is 0.588. The van der Waals surface area contributed by atoms with Gasteiger partial charge in [-0.15, -0.1) is 0 Å². The largest absolute Gasteiger partial charge is 0.261 e. The molecule has 0 spiro atoms. The zero-order valence-corrected chi connectivity index (χ0v) is 7.33. The van der Waals surface area contributed by atoms with Crippen LogP contribution in [0.4, 0.5) is 0 Å². The molecule has 0 saturated heterocycles. The number of hydrogen-bond acceptors (Lipinski definition) is 1. The van der Waals surface area contributed by atoms with Crippen LogP contribution in [0.25, 0.3) is 0 Å². The second-order valence-corrected chi connectivity index (χ2v) is 4.08. The molecule has 3 rings (SSSR count). The SMILES string of the molecule is CCC1C2CC12c1ccccn1. The lowest BCUT2D eigenvalue weighted by Crippen LogP contribution is -2.04. The molecule has 0 aliphatic heterocycles. The van der Waals surface area contributed by atoms with Gasteiger partial charge < -0.3 is 0 Å². The van der Waals surface area contributed by atoms with Crippen LogP contribution in [0.1, 0.15) is 25.5 Å². The van der Waals surface area contributed by atoms with Gasteiger partial charge in [0.1, 0.15) is 0 Å². The Labute approximate surface area is 72.8 Å². The summed E-state index contributed by atoms with van der Waals surface area (Å²) in [6.45, 7) is 2.29. The molecular formula is C11H13N. The number of nitrogens with zero attached hydrogens (tertiary/aromatic N) is 1. The average molecular weight is 159 g/mol. The molecule has 1 heterocycles. The van der Waals surface area contributed by atoms with Gasteiger partial charge in [0, 0.05) is 17.3 Å². The first-order valence-corrected chi connectivity index (χ1v) is 4.81. The summed E-state index contributed by atoms with van der Waals surface area (Å²) < 4.78 is 0. The highest BCUT2D eigenvalue weighted by atomic mass is 14.9. The highest BCUT2D eigenvalue weighted by Crippen LogP contribution is 2.80. The lowest BCUT2D eigenvalue weighted by molar-refractivity contribution is 0.548. The van der Waals surface area contributed by atoms with E-state index in [2.05, 4.69) is 24.0 Å². The molecule has 2 saturated carbocycles. The molecule has 2 aliphatic rings.